The third-order valence-corrected chi connectivity index (χ3v) is 5.70. The maximum Gasteiger partial charge on any atom is 0.416 e. The summed E-state index contributed by atoms with van der Waals surface area (Å²) >= 11 is 0. The van der Waals surface area contributed by atoms with Gasteiger partial charge in [0.2, 0.25) is 0 Å². The molecule has 0 saturated carbocycles. The first-order valence-electron chi connectivity index (χ1n) is 10.5. The molecule has 1 fully saturated rings. The summed E-state index contributed by atoms with van der Waals surface area (Å²) in [4.78, 5) is 17.0. The van der Waals surface area contributed by atoms with Crippen LogP contribution in [0.25, 0.3) is 10.8 Å². The lowest BCUT2D eigenvalue weighted by molar-refractivity contribution is -0.137. The maximum absolute atomic E-state index is 12.8. The predicted octanol–water partition coefficient (Wildman–Crippen LogP) is 6.25. The summed E-state index contributed by atoms with van der Waals surface area (Å²) < 4.78 is 44.1. The molecule has 3 aromatic carbocycles. The van der Waals surface area contributed by atoms with E-state index in [9.17, 15) is 18.0 Å². The van der Waals surface area contributed by atoms with Crippen molar-refractivity contribution in [3.63, 3.8) is 0 Å². The van der Waals surface area contributed by atoms with E-state index in [0.29, 0.717) is 23.0 Å². The van der Waals surface area contributed by atoms with Crippen molar-refractivity contribution in [2.24, 2.45) is 10.9 Å². The van der Waals surface area contributed by atoms with Gasteiger partial charge in [0, 0.05) is 16.7 Å². The number of aliphatic imine (C=N–C) groups is 1. The number of amides is 1. The molecule has 0 aromatic heterocycles. The van der Waals surface area contributed by atoms with Gasteiger partial charge in [-0.2, -0.15) is 13.2 Å². The highest BCUT2D eigenvalue weighted by Crippen LogP contribution is 2.34. The van der Waals surface area contributed by atoms with Crippen LogP contribution in [0.2, 0.25) is 0 Å². The molecule has 0 unspecified atom stereocenters. The van der Waals surface area contributed by atoms with Crippen LogP contribution in [0, 0.1) is 5.92 Å². The Kier molecular flexibility index (Phi) is 6.28. The number of carbonyl (C=O) groups is 1. The number of rotatable bonds is 4. The summed E-state index contributed by atoms with van der Waals surface area (Å²) in [6.45, 7) is 3.78. The van der Waals surface area contributed by atoms with Crippen molar-refractivity contribution < 1.29 is 22.7 Å². The van der Waals surface area contributed by atoms with Gasteiger partial charge in [-0.15, -0.1) is 0 Å². The third kappa shape index (κ3) is 4.99. The molecule has 0 aliphatic carbocycles. The molecular weight excluding hydrogens is 417 g/mol. The summed E-state index contributed by atoms with van der Waals surface area (Å²) in [5.41, 5.74) is 0.611. The second-order valence-corrected chi connectivity index (χ2v) is 7.90. The van der Waals surface area contributed by atoms with Crippen molar-refractivity contribution in [3.8, 4) is 11.5 Å². The Labute approximate surface area is 184 Å². The monoisotopic (exact) mass is 440 g/mol. The minimum atomic E-state index is -4.39. The van der Waals surface area contributed by atoms with E-state index in [1.54, 1.807) is 30.3 Å². The van der Waals surface area contributed by atoms with Gasteiger partial charge in [0.25, 0.3) is 5.91 Å². The average molecular weight is 440 g/mol. The van der Waals surface area contributed by atoms with Gasteiger partial charge in [-0.25, -0.2) is 4.99 Å². The summed E-state index contributed by atoms with van der Waals surface area (Å²) in [7, 11) is 0. The molecule has 166 valence electrons. The number of alkyl halides is 3. The lowest BCUT2D eigenvalue weighted by Crippen LogP contribution is -2.31. The van der Waals surface area contributed by atoms with Gasteiger partial charge in [-0.3, -0.25) is 4.79 Å². The molecule has 1 N–H and O–H groups in total. The van der Waals surface area contributed by atoms with E-state index in [1.807, 2.05) is 13.0 Å². The van der Waals surface area contributed by atoms with Gasteiger partial charge in [-0.05, 0) is 92.7 Å². The maximum atomic E-state index is 12.8. The SMILES string of the molecule is C/C(=N\C(=O)c1ccc2c(Oc3ccc(C(F)(F)F)cc3)cccc2c1)C1CCNCC1. The van der Waals surface area contributed by atoms with Crippen molar-refractivity contribution in [1.82, 2.24) is 5.32 Å². The Hall–Kier alpha value is -3.19. The average Bonchev–Trinajstić information content (AvgIpc) is 2.79. The molecule has 0 bridgehead atoms. The summed E-state index contributed by atoms with van der Waals surface area (Å²) in [5.74, 6) is 0.838. The molecule has 0 spiro atoms. The fourth-order valence-corrected chi connectivity index (χ4v) is 3.87. The van der Waals surface area contributed by atoms with E-state index in [-0.39, 0.29) is 5.91 Å². The number of halogens is 3. The number of nitrogens with one attached hydrogen (secondary N) is 1. The summed E-state index contributed by atoms with van der Waals surface area (Å²) in [6.07, 6.45) is -2.44. The lowest BCUT2D eigenvalue weighted by atomic mass is 9.93. The largest absolute Gasteiger partial charge is 0.457 e. The molecule has 7 heteroatoms. The fraction of sp³-hybridized carbons (Fsp3) is 0.280. The van der Waals surface area contributed by atoms with E-state index in [1.165, 1.54) is 12.1 Å². The first-order chi connectivity index (χ1) is 15.3. The first kappa shape index (κ1) is 22.0. The number of benzene rings is 3. The smallest absolute Gasteiger partial charge is 0.416 e. The molecule has 1 heterocycles. The lowest BCUT2D eigenvalue weighted by Gasteiger charge is -2.22. The van der Waals surface area contributed by atoms with Crippen LogP contribution < -0.4 is 10.1 Å². The number of nitrogens with zero attached hydrogens (tertiary/aromatic N) is 1. The number of ether oxygens (including phenoxy) is 1. The van der Waals surface area contributed by atoms with Crippen LogP contribution in [0.15, 0.2) is 65.7 Å². The highest BCUT2D eigenvalue weighted by Gasteiger charge is 2.30. The molecule has 4 nitrogen and oxygen atoms in total. The Morgan fingerprint density at radius 2 is 1.75 bits per heavy atom. The third-order valence-electron chi connectivity index (χ3n) is 5.70. The predicted molar refractivity (Wildman–Crippen MR) is 118 cm³/mol. The molecular formula is C25H23F3N2O2. The van der Waals surface area contributed by atoms with Gasteiger partial charge in [-0.1, -0.05) is 12.1 Å². The first-order valence-corrected chi connectivity index (χ1v) is 10.5. The van der Waals surface area contributed by atoms with Crippen LogP contribution in [-0.2, 0) is 6.18 Å². The molecule has 3 aromatic rings. The zero-order valence-corrected chi connectivity index (χ0v) is 17.6. The van der Waals surface area contributed by atoms with Crippen LogP contribution in [0.1, 0.15) is 35.7 Å². The van der Waals surface area contributed by atoms with Gasteiger partial charge in [0.1, 0.15) is 11.5 Å². The van der Waals surface area contributed by atoms with Crippen molar-refractivity contribution in [3.05, 3.63) is 71.8 Å². The Morgan fingerprint density at radius 1 is 1.03 bits per heavy atom. The molecule has 4 rings (SSSR count). The van der Waals surface area contributed by atoms with Crippen LogP contribution in [0.3, 0.4) is 0 Å². The van der Waals surface area contributed by atoms with E-state index >= 15 is 0 Å². The van der Waals surface area contributed by atoms with Crippen LogP contribution >= 0.6 is 0 Å². The topological polar surface area (TPSA) is 50.7 Å². The van der Waals surface area contributed by atoms with Crippen LogP contribution in [-0.4, -0.2) is 24.7 Å². The van der Waals surface area contributed by atoms with Crippen molar-refractivity contribution >= 4 is 22.4 Å². The second kappa shape index (κ2) is 9.12. The van der Waals surface area contributed by atoms with E-state index in [2.05, 4.69) is 10.3 Å². The van der Waals surface area contributed by atoms with Gasteiger partial charge < -0.3 is 10.1 Å². The molecule has 32 heavy (non-hydrogen) atoms. The molecule has 1 saturated heterocycles. The number of hydrogen-bond donors (Lipinski definition) is 1. The van der Waals surface area contributed by atoms with E-state index < -0.39 is 11.7 Å². The number of piperidine rings is 1. The second-order valence-electron chi connectivity index (χ2n) is 7.90. The molecule has 1 aliphatic rings. The quantitative estimate of drug-likeness (QED) is 0.488. The number of carbonyl (C=O) groups excluding carboxylic acids is 1. The highest BCUT2D eigenvalue weighted by atomic mass is 19.4. The van der Waals surface area contributed by atoms with Crippen molar-refractivity contribution in [2.75, 3.05) is 13.1 Å². The zero-order chi connectivity index (χ0) is 22.7. The minimum absolute atomic E-state index is 0.281. The van der Waals surface area contributed by atoms with Crippen LogP contribution in [0.5, 0.6) is 11.5 Å². The van der Waals surface area contributed by atoms with E-state index in [0.717, 1.165) is 54.5 Å². The van der Waals surface area contributed by atoms with E-state index in [4.69, 9.17) is 4.74 Å². The molecule has 0 radical (unpaired) electrons. The van der Waals surface area contributed by atoms with Gasteiger partial charge in [0.05, 0.1) is 5.56 Å². The molecule has 0 atom stereocenters. The Bertz CT molecular complexity index is 1150. The number of fused-ring (bicyclic) bond motifs is 1. The molecule has 1 amide bonds. The fourth-order valence-electron chi connectivity index (χ4n) is 3.87. The zero-order valence-electron chi connectivity index (χ0n) is 17.6. The summed E-state index contributed by atoms with van der Waals surface area (Å²) in [6, 6.07) is 15.2. The van der Waals surface area contributed by atoms with Gasteiger partial charge in [0.15, 0.2) is 0 Å². The Morgan fingerprint density at radius 3 is 2.44 bits per heavy atom. The highest BCUT2D eigenvalue weighted by molar-refractivity contribution is 6.06. The normalized spacial score (nSPS) is 15.7. The standard InChI is InChI=1S/C25H23F3N2O2/c1-16(17-11-13-29-14-12-17)30-24(31)19-5-10-22-18(15-19)3-2-4-23(22)32-21-8-6-20(7-9-21)25(26,27)28/h2-10,15,17,29H,11-14H2,1H3/b30-16+. The minimum Gasteiger partial charge on any atom is -0.457 e. The van der Waals surface area contributed by atoms with Gasteiger partial charge >= 0.3 is 6.18 Å². The van der Waals surface area contributed by atoms with Crippen LogP contribution in [0.4, 0.5) is 13.2 Å². The van der Waals surface area contributed by atoms with Crippen molar-refractivity contribution in [1.29, 1.82) is 0 Å². The molecule has 1 aliphatic heterocycles. The van der Waals surface area contributed by atoms with Crippen molar-refractivity contribution in [2.45, 2.75) is 25.9 Å². The summed E-state index contributed by atoms with van der Waals surface area (Å²) in [5, 5.41) is 4.84. The Balaban J connectivity index is 1.55. The number of hydrogen-bond acceptors (Lipinski definition) is 3.